The van der Waals surface area contributed by atoms with Crippen LogP contribution in [-0.2, 0) is 9.53 Å². The van der Waals surface area contributed by atoms with E-state index in [4.69, 9.17) is 4.74 Å². The van der Waals surface area contributed by atoms with E-state index in [9.17, 15) is 4.79 Å². The van der Waals surface area contributed by atoms with Crippen LogP contribution in [0.5, 0.6) is 0 Å². The Hall–Kier alpha value is -0.610. The largest absolute Gasteiger partial charge is 0.385 e. The van der Waals surface area contributed by atoms with Crippen molar-refractivity contribution in [2.45, 2.75) is 39.7 Å². The molecule has 2 N–H and O–H groups in total. The molecule has 0 bridgehead atoms. The predicted molar refractivity (Wildman–Crippen MR) is 66.4 cm³/mol. The molecule has 0 saturated heterocycles. The second-order valence-corrected chi connectivity index (χ2v) is 5.46. The third kappa shape index (κ3) is 5.47. The molecule has 0 aliphatic carbocycles. The van der Waals surface area contributed by atoms with Crippen molar-refractivity contribution in [1.82, 2.24) is 10.6 Å². The lowest BCUT2D eigenvalue weighted by molar-refractivity contribution is -0.126. The Labute approximate surface area is 99.1 Å². The molecule has 0 aliphatic heterocycles. The molecule has 4 nitrogen and oxygen atoms in total. The van der Waals surface area contributed by atoms with Crippen molar-refractivity contribution in [1.29, 1.82) is 0 Å². The Morgan fingerprint density at radius 1 is 1.25 bits per heavy atom. The molecule has 4 heteroatoms. The van der Waals surface area contributed by atoms with E-state index < -0.39 is 5.54 Å². The standard InChI is InChI=1S/C12H26N2O2/c1-11(2,7-8-16-6)9-14-10(15)12(3,4)13-5/h13H,7-9H2,1-6H3,(H,14,15). The van der Waals surface area contributed by atoms with Crippen LogP contribution in [0.4, 0.5) is 0 Å². The monoisotopic (exact) mass is 230 g/mol. The summed E-state index contributed by atoms with van der Waals surface area (Å²) in [6.07, 6.45) is 0.934. The number of amides is 1. The summed E-state index contributed by atoms with van der Waals surface area (Å²) >= 11 is 0. The SMILES string of the molecule is CNC(C)(C)C(=O)NCC(C)(C)CCOC. The predicted octanol–water partition coefficient (Wildman–Crippen LogP) is 1.16. The maximum atomic E-state index is 11.8. The van der Waals surface area contributed by atoms with Crippen LogP contribution in [0.15, 0.2) is 0 Å². The van der Waals surface area contributed by atoms with E-state index >= 15 is 0 Å². The molecule has 0 fully saturated rings. The van der Waals surface area contributed by atoms with Gasteiger partial charge in [0.15, 0.2) is 0 Å². The molecule has 0 aromatic heterocycles. The summed E-state index contributed by atoms with van der Waals surface area (Å²) in [6, 6.07) is 0. The van der Waals surface area contributed by atoms with Gasteiger partial charge < -0.3 is 15.4 Å². The highest BCUT2D eigenvalue weighted by molar-refractivity contribution is 5.85. The summed E-state index contributed by atoms with van der Waals surface area (Å²) in [5, 5.41) is 5.95. The van der Waals surface area contributed by atoms with Crippen molar-refractivity contribution >= 4 is 5.91 Å². The number of nitrogens with one attached hydrogen (secondary N) is 2. The van der Waals surface area contributed by atoms with Gasteiger partial charge in [0.05, 0.1) is 5.54 Å². The number of hydrogen-bond donors (Lipinski definition) is 2. The van der Waals surface area contributed by atoms with Crippen LogP contribution in [-0.4, -0.2) is 38.8 Å². The van der Waals surface area contributed by atoms with Crippen molar-refractivity contribution in [3.05, 3.63) is 0 Å². The number of ether oxygens (including phenoxy) is 1. The maximum absolute atomic E-state index is 11.8. The van der Waals surface area contributed by atoms with Crippen LogP contribution in [0.1, 0.15) is 34.1 Å². The van der Waals surface area contributed by atoms with Gasteiger partial charge in [-0.15, -0.1) is 0 Å². The molecule has 0 unspecified atom stereocenters. The summed E-state index contributed by atoms with van der Waals surface area (Å²) in [5.74, 6) is 0.0282. The second-order valence-electron chi connectivity index (χ2n) is 5.46. The minimum Gasteiger partial charge on any atom is -0.385 e. The molecule has 0 spiro atoms. The van der Waals surface area contributed by atoms with Gasteiger partial charge in [-0.05, 0) is 32.7 Å². The van der Waals surface area contributed by atoms with Crippen LogP contribution in [0.25, 0.3) is 0 Å². The summed E-state index contributed by atoms with van der Waals surface area (Å²) in [6.45, 7) is 9.37. The number of methoxy groups -OCH3 is 1. The van der Waals surface area contributed by atoms with Crippen molar-refractivity contribution in [2.24, 2.45) is 5.41 Å². The van der Waals surface area contributed by atoms with Crippen molar-refractivity contribution in [2.75, 3.05) is 27.3 Å². The lowest BCUT2D eigenvalue weighted by Gasteiger charge is -2.28. The number of rotatable bonds is 7. The zero-order chi connectivity index (χ0) is 12.8. The Bertz CT molecular complexity index is 225. The summed E-state index contributed by atoms with van der Waals surface area (Å²) in [7, 11) is 3.48. The van der Waals surface area contributed by atoms with Gasteiger partial charge in [0.2, 0.25) is 5.91 Å². The summed E-state index contributed by atoms with van der Waals surface area (Å²) < 4.78 is 5.05. The highest BCUT2D eigenvalue weighted by atomic mass is 16.5. The minimum absolute atomic E-state index is 0.0282. The van der Waals surface area contributed by atoms with Gasteiger partial charge in [-0.25, -0.2) is 0 Å². The second kappa shape index (κ2) is 6.21. The molecule has 0 aromatic carbocycles. The van der Waals surface area contributed by atoms with Gasteiger partial charge in [-0.3, -0.25) is 4.79 Å². The number of likely N-dealkylation sites (N-methyl/N-ethyl adjacent to an activating group) is 1. The van der Waals surface area contributed by atoms with E-state index in [0.717, 1.165) is 13.0 Å². The Morgan fingerprint density at radius 2 is 1.81 bits per heavy atom. The molecule has 0 rings (SSSR count). The van der Waals surface area contributed by atoms with Crippen LogP contribution in [0.3, 0.4) is 0 Å². The van der Waals surface area contributed by atoms with E-state index in [0.29, 0.717) is 6.54 Å². The van der Waals surface area contributed by atoms with E-state index in [1.165, 1.54) is 0 Å². The zero-order valence-electron chi connectivity index (χ0n) is 11.4. The third-order valence-corrected chi connectivity index (χ3v) is 2.90. The van der Waals surface area contributed by atoms with E-state index in [-0.39, 0.29) is 11.3 Å². The first-order valence-electron chi connectivity index (χ1n) is 5.71. The summed E-state index contributed by atoms with van der Waals surface area (Å²) in [5.41, 5.74) is -0.452. The molecule has 0 atom stereocenters. The molecule has 0 aliphatic rings. The average Bonchev–Trinajstić information content (AvgIpc) is 2.23. The fourth-order valence-electron chi connectivity index (χ4n) is 1.12. The molecule has 0 radical (unpaired) electrons. The number of hydrogen-bond acceptors (Lipinski definition) is 3. The van der Waals surface area contributed by atoms with Gasteiger partial charge >= 0.3 is 0 Å². The molecule has 0 saturated carbocycles. The lowest BCUT2D eigenvalue weighted by Crippen LogP contribution is -2.52. The topological polar surface area (TPSA) is 50.4 Å². The molecular formula is C12H26N2O2. The highest BCUT2D eigenvalue weighted by Crippen LogP contribution is 2.19. The fourth-order valence-corrected chi connectivity index (χ4v) is 1.12. The van der Waals surface area contributed by atoms with E-state index in [1.807, 2.05) is 13.8 Å². The van der Waals surface area contributed by atoms with Gasteiger partial charge in [0.25, 0.3) is 0 Å². The Kier molecular flexibility index (Phi) is 5.97. The first-order valence-corrected chi connectivity index (χ1v) is 5.71. The van der Waals surface area contributed by atoms with Crippen LogP contribution in [0, 0.1) is 5.41 Å². The van der Waals surface area contributed by atoms with Crippen molar-refractivity contribution < 1.29 is 9.53 Å². The lowest BCUT2D eigenvalue weighted by atomic mass is 9.89. The van der Waals surface area contributed by atoms with Gasteiger partial charge in [0, 0.05) is 20.3 Å². The van der Waals surface area contributed by atoms with Gasteiger partial charge in [-0.1, -0.05) is 13.8 Å². The molecule has 96 valence electrons. The fraction of sp³-hybridized carbons (Fsp3) is 0.917. The Balaban J connectivity index is 4.09. The summed E-state index contributed by atoms with van der Waals surface area (Å²) in [4.78, 5) is 11.8. The number of carbonyl (C=O) groups is 1. The smallest absolute Gasteiger partial charge is 0.239 e. The van der Waals surface area contributed by atoms with E-state index in [2.05, 4.69) is 24.5 Å². The number of carbonyl (C=O) groups excluding carboxylic acids is 1. The zero-order valence-corrected chi connectivity index (χ0v) is 11.4. The normalized spacial score (nSPS) is 12.6. The molecule has 16 heavy (non-hydrogen) atoms. The first-order chi connectivity index (χ1) is 7.25. The Morgan fingerprint density at radius 3 is 2.25 bits per heavy atom. The minimum atomic E-state index is -0.517. The van der Waals surface area contributed by atoms with Crippen LogP contribution in [0.2, 0.25) is 0 Å². The van der Waals surface area contributed by atoms with Gasteiger partial charge in [-0.2, -0.15) is 0 Å². The van der Waals surface area contributed by atoms with Crippen molar-refractivity contribution in [3.8, 4) is 0 Å². The quantitative estimate of drug-likeness (QED) is 0.690. The maximum Gasteiger partial charge on any atom is 0.239 e. The van der Waals surface area contributed by atoms with E-state index in [1.54, 1.807) is 14.2 Å². The average molecular weight is 230 g/mol. The molecule has 0 heterocycles. The van der Waals surface area contributed by atoms with Crippen LogP contribution >= 0.6 is 0 Å². The first kappa shape index (κ1) is 15.4. The third-order valence-electron chi connectivity index (χ3n) is 2.90. The van der Waals surface area contributed by atoms with Crippen molar-refractivity contribution in [3.63, 3.8) is 0 Å². The van der Waals surface area contributed by atoms with Crippen LogP contribution < -0.4 is 10.6 Å². The molecular weight excluding hydrogens is 204 g/mol. The molecule has 1 amide bonds. The molecule has 0 aromatic rings. The highest BCUT2D eigenvalue weighted by Gasteiger charge is 2.27. The van der Waals surface area contributed by atoms with Gasteiger partial charge in [0.1, 0.15) is 0 Å².